The number of nitrogens with one attached hydrogen (secondary N) is 1. The number of hydrogen-bond donors (Lipinski definition) is 1. The Bertz CT molecular complexity index is 514. The largest absolute Gasteiger partial charge is 0.495 e. The van der Waals surface area contributed by atoms with Crippen molar-refractivity contribution in [2.24, 2.45) is 0 Å². The number of benzene rings is 1. The smallest absolute Gasteiger partial charge is 0.143 e. The topological polar surface area (TPSA) is 26.2 Å². The van der Waals surface area contributed by atoms with E-state index in [-0.39, 0.29) is 0 Å². The van der Waals surface area contributed by atoms with E-state index < -0.39 is 0 Å². The highest BCUT2D eigenvalue weighted by molar-refractivity contribution is 5.87. The second kappa shape index (κ2) is 4.80. The second-order valence-electron chi connectivity index (χ2n) is 4.53. The van der Waals surface area contributed by atoms with Crippen molar-refractivity contribution in [2.75, 3.05) is 14.2 Å². The van der Waals surface area contributed by atoms with Crippen molar-refractivity contribution in [2.45, 2.75) is 26.4 Å². The molecule has 17 heavy (non-hydrogen) atoms. The SMILES string of the molecule is CNCc1cc2cccc(OC)c2n1C(C)C. The Morgan fingerprint density at radius 3 is 2.71 bits per heavy atom. The quantitative estimate of drug-likeness (QED) is 0.877. The van der Waals surface area contributed by atoms with E-state index in [9.17, 15) is 0 Å². The maximum Gasteiger partial charge on any atom is 0.143 e. The highest BCUT2D eigenvalue weighted by atomic mass is 16.5. The van der Waals surface area contributed by atoms with Gasteiger partial charge in [0.25, 0.3) is 0 Å². The number of nitrogens with zero attached hydrogens (tertiary/aromatic N) is 1. The molecule has 3 heteroatoms. The average Bonchev–Trinajstić information content (AvgIpc) is 2.67. The van der Waals surface area contributed by atoms with Crippen LogP contribution >= 0.6 is 0 Å². The molecule has 0 fully saturated rings. The molecule has 0 atom stereocenters. The molecular weight excluding hydrogens is 212 g/mol. The molecule has 0 bridgehead atoms. The van der Waals surface area contributed by atoms with Gasteiger partial charge >= 0.3 is 0 Å². The van der Waals surface area contributed by atoms with Gasteiger partial charge < -0.3 is 14.6 Å². The lowest BCUT2D eigenvalue weighted by Gasteiger charge is -2.16. The van der Waals surface area contributed by atoms with E-state index in [4.69, 9.17) is 4.74 Å². The minimum Gasteiger partial charge on any atom is -0.495 e. The fourth-order valence-electron chi connectivity index (χ4n) is 2.38. The molecule has 0 amide bonds. The molecule has 0 radical (unpaired) electrons. The van der Waals surface area contributed by atoms with E-state index in [1.807, 2.05) is 19.2 Å². The van der Waals surface area contributed by atoms with Crippen LogP contribution in [0.2, 0.25) is 0 Å². The number of hydrogen-bond acceptors (Lipinski definition) is 2. The number of para-hydroxylation sites is 1. The van der Waals surface area contributed by atoms with Crippen LogP contribution in [-0.2, 0) is 6.54 Å². The van der Waals surface area contributed by atoms with Gasteiger partial charge in [0, 0.05) is 23.7 Å². The average molecular weight is 232 g/mol. The first-order valence-electron chi connectivity index (χ1n) is 6.00. The van der Waals surface area contributed by atoms with Crippen LogP contribution in [0, 0.1) is 0 Å². The van der Waals surface area contributed by atoms with Gasteiger partial charge in [-0.05, 0) is 33.0 Å². The molecule has 0 saturated carbocycles. The predicted molar refractivity (Wildman–Crippen MR) is 71.6 cm³/mol. The van der Waals surface area contributed by atoms with Crippen LogP contribution in [0.25, 0.3) is 10.9 Å². The summed E-state index contributed by atoms with van der Waals surface area (Å²) >= 11 is 0. The fraction of sp³-hybridized carbons (Fsp3) is 0.429. The molecule has 2 aromatic rings. The Labute approximate surface area is 102 Å². The van der Waals surface area contributed by atoms with Crippen LogP contribution in [0.5, 0.6) is 5.75 Å². The van der Waals surface area contributed by atoms with E-state index in [0.29, 0.717) is 6.04 Å². The minimum absolute atomic E-state index is 0.423. The number of rotatable bonds is 4. The first kappa shape index (κ1) is 12.0. The molecule has 1 aromatic carbocycles. The summed E-state index contributed by atoms with van der Waals surface area (Å²) in [5.74, 6) is 0.943. The summed E-state index contributed by atoms with van der Waals surface area (Å²) in [5, 5.41) is 4.46. The van der Waals surface area contributed by atoms with E-state index >= 15 is 0 Å². The molecule has 2 rings (SSSR count). The maximum atomic E-state index is 5.47. The van der Waals surface area contributed by atoms with Gasteiger partial charge in [-0.3, -0.25) is 0 Å². The Morgan fingerprint density at radius 1 is 1.35 bits per heavy atom. The van der Waals surface area contributed by atoms with Crippen LogP contribution in [0.4, 0.5) is 0 Å². The van der Waals surface area contributed by atoms with Crippen LogP contribution in [-0.4, -0.2) is 18.7 Å². The molecule has 1 heterocycles. The van der Waals surface area contributed by atoms with E-state index in [0.717, 1.165) is 12.3 Å². The molecule has 1 aromatic heterocycles. The molecule has 3 nitrogen and oxygen atoms in total. The fourth-order valence-corrected chi connectivity index (χ4v) is 2.38. The zero-order valence-electron chi connectivity index (χ0n) is 10.9. The van der Waals surface area contributed by atoms with Crippen molar-refractivity contribution >= 4 is 10.9 Å². The third kappa shape index (κ3) is 2.03. The van der Waals surface area contributed by atoms with Gasteiger partial charge in [-0.25, -0.2) is 0 Å². The highest BCUT2D eigenvalue weighted by Gasteiger charge is 2.14. The Hall–Kier alpha value is -1.48. The predicted octanol–water partition coefficient (Wildman–Crippen LogP) is 2.95. The molecule has 1 N–H and O–H groups in total. The van der Waals surface area contributed by atoms with Crippen LogP contribution < -0.4 is 10.1 Å². The summed E-state index contributed by atoms with van der Waals surface area (Å²) in [6.07, 6.45) is 0. The van der Waals surface area contributed by atoms with Crippen molar-refractivity contribution < 1.29 is 4.74 Å². The summed E-state index contributed by atoms with van der Waals surface area (Å²) in [6.45, 7) is 5.27. The third-order valence-electron chi connectivity index (χ3n) is 3.00. The third-order valence-corrected chi connectivity index (χ3v) is 3.00. The molecular formula is C14H20N2O. The molecule has 0 spiro atoms. The van der Waals surface area contributed by atoms with E-state index in [2.05, 4.69) is 35.9 Å². The van der Waals surface area contributed by atoms with E-state index in [1.54, 1.807) is 7.11 Å². The van der Waals surface area contributed by atoms with Gasteiger partial charge in [-0.15, -0.1) is 0 Å². The first-order valence-corrected chi connectivity index (χ1v) is 6.00. The zero-order chi connectivity index (χ0) is 12.4. The lowest BCUT2D eigenvalue weighted by molar-refractivity contribution is 0.415. The summed E-state index contributed by atoms with van der Waals surface area (Å²) in [5.41, 5.74) is 2.48. The molecule has 0 unspecified atom stereocenters. The summed E-state index contributed by atoms with van der Waals surface area (Å²) in [6, 6.07) is 8.84. The monoisotopic (exact) mass is 232 g/mol. The van der Waals surface area contributed by atoms with Crippen LogP contribution in [0.1, 0.15) is 25.6 Å². The number of fused-ring (bicyclic) bond motifs is 1. The molecule has 0 aliphatic heterocycles. The van der Waals surface area contributed by atoms with Crippen molar-refractivity contribution in [3.05, 3.63) is 30.0 Å². The van der Waals surface area contributed by atoms with Crippen molar-refractivity contribution in [1.29, 1.82) is 0 Å². The summed E-state index contributed by atoms with van der Waals surface area (Å²) < 4.78 is 7.81. The lowest BCUT2D eigenvalue weighted by atomic mass is 10.2. The van der Waals surface area contributed by atoms with Crippen LogP contribution in [0.15, 0.2) is 24.3 Å². The van der Waals surface area contributed by atoms with Crippen LogP contribution in [0.3, 0.4) is 0 Å². The Balaban J connectivity index is 2.72. The number of aromatic nitrogens is 1. The highest BCUT2D eigenvalue weighted by Crippen LogP contribution is 2.31. The molecule has 92 valence electrons. The van der Waals surface area contributed by atoms with Gasteiger partial charge in [0.15, 0.2) is 0 Å². The van der Waals surface area contributed by atoms with Gasteiger partial charge in [-0.1, -0.05) is 12.1 Å². The Kier molecular flexibility index (Phi) is 3.38. The standard InChI is InChI=1S/C14H20N2O/c1-10(2)16-12(9-15-3)8-11-6-5-7-13(17-4)14(11)16/h5-8,10,15H,9H2,1-4H3. The van der Waals surface area contributed by atoms with Gasteiger partial charge in [0.05, 0.1) is 12.6 Å². The number of ether oxygens (including phenoxy) is 1. The van der Waals surface area contributed by atoms with Gasteiger partial charge in [0.2, 0.25) is 0 Å². The lowest BCUT2D eigenvalue weighted by Crippen LogP contribution is -2.12. The van der Waals surface area contributed by atoms with Gasteiger partial charge in [0.1, 0.15) is 5.75 Å². The normalized spacial score (nSPS) is 11.4. The molecule has 0 aliphatic rings. The van der Waals surface area contributed by atoms with Crippen molar-refractivity contribution in [3.63, 3.8) is 0 Å². The first-order chi connectivity index (χ1) is 8.19. The summed E-state index contributed by atoms with van der Waals surface area (Å²) in [4.78, 5) is 0. The second-order valence-corrected chi connectivity index (χ2v) is 4.53. The minimum atomic E-state index is 0.423. The summed E-state index contributed by atoms with van der Waals surface area (Å²) in [7, 11) is 3.70. The number of methoxy groups -OCH3 is 1. The zero-order valence-corrected chi connectivity index (χ0v) is 10.9. The maximum absolute atomic E-state index is 5.47. The molecule has 0 saturated heterocycles. The molecule has 0 aliphatic carbocycles. The van der Waals surface area contributed by atoms with Crippen molar-refractivity contribution in [1.82, 2.24) is 9.88 Å². The van der Waals surface area contributed by atoms with E-state index in [1.165, 1.54) is 16.6 Å². The van der Waals surface area contributed by atoms with Gasteiger partial charge in [-0.2, -0.15) is 0 Å². The van der Waals surface area contributed by atoms with Crippen molar-refractivity contribution in [3.8, 4) is 5.75 Å². The Morgan fingerprint density at radius 2 is 2.12 bits per heavy atom.